The largest absolute Gasteiger partial charge is 0.497 e. The Kier molecular flexibility index (Phi) is 6.75. The molecule has 9 heteroatoms. The van der Waals surface area contributed by atoms with Gasteiger partial charge < -0.3 is 25.3 Å². The molecule has 0 spiro atoms. The van der Waals surface area contributed by atoms with Gasteiger partial charge in [-0.1, -0.05) is 23.5 Å². The van der Waals surface area contributed by atoms with E-state index in [0.717, 1.165) is 37.8 Å². The van der Waals surface area contributed by atoms with E-state index in [1.807, 2.05) is 41.1 Å². The van der Waals surface area contributed by atoms with Gasteiger partial charge in [0.2, 0.25) is 5.13 Å². The molecule has 0 bridgehead atoms. The Morgan fingerprint density at radius 2 is 1.87 bits per heavy atom. The van der Waals surface area contributed by atoms with Crippen molar-refractivity contribution in [1.29, 1.82) is 0 Å². The molecule has 0 aliphatic heterocycles. The molecule has 4 aromatic rings. The zero-order valence-electron chi connectivity index (χ0n) is 16.8. The normalized spacial score (nSPS) is 11.4. The number of hydrogen-bond acceptors (Lipinski definition) is 8. The van der Waals surface area contributed by atoms with Crippen LogP contribution in [0.3, 0.4) is 0 Å². The van der Waals surface area contributed by atoms with E-state index < -0.39 is 0 Å². The summed E-state index contributed by atoms with van der Waals surface area (Å²) in [6, 6.07) is 13.9. The Bertz CT molecular complexity index is 1110. The maximum Gasteiger partial charge on any atom is 0.213 e. The number of methoxy groups -OCH3 is 1. The molecule has 4 rings (SSSR count). The van der Waals surface area contributed by atoms with Crippen molar-refractivity contribution >= 4 is 38.3 Å². The average Bonchev–Trinajstić information content (AvgIpc) is 3.36. The fraction of sp³-hybridized carbons (Fsp3) is 0.333. The van der Waals surface area contributed by atoms with Gasteiger partial charge in [0.25, 0.3) is 0 Å². The summed E-state index contributed by atoms with van der Waals surface area (Å²) in [6.45, 7) is 3.38. The Balaban J connectivity index is 1.52. The topological polar surface area (TPSA) is 96.5 Å². The van der Waals surface area contributed by atoms with Crippen molar-refractivity contribution in [2.75, 3.05) is 51.9 Å². The highest BCUT2D eigenvalue weighted by Gasteiger charge is 2.16. The minimum absolute atomic E-state index is 0.525. The first kappa shape index (κ1) is 20.5. The van der Waals surface area contributed by atoms with Crippen molar-refractivity contribution in [3.63, 3.8) is 0 Å². The number of ether oxygens (including phenoxy) is 3. The number of aromatic nitrogens is 3. The molecule has 0 radical (unpaired) electrons. The Hall–Kier alpha value is -2.72. The number of nitrogens with zero attached hydrogens (tertiary/aromatic N) is 3. The summed E-state index contributed by atoms with van der Waals surface area (Å²) in [6.07, 6.45) is 0. The standard InChI is InChI=1S/C21H25N5O3S/c1-27-15-6-7-18-19(14-15)30-21(24-18)26-20(16-4-2-3-5-17(16)25-26)23-9-11-29-13-12-28-10-8-22/h2-7,14,23H,8-13,22H2,1H3. The van der Waals surface area contributed by atoms with Crippen LogP contribution in [0.4, 0.5) is 5.82 Å². The molecule has 0 aliphatic carbocycles. The quantitative estimate of drug-likeness (QED) is 0.355. The lowest BCUT2D eigenvalue weighted by Crippen LogP contribution is -2.16. The van der Waals surface area contributed by atoms with Crippen LogP contribution in [0.2, 0.25) is 0 Å². The molecule has 0 fully saturated rings. The van der Waals surface area contributed by atoms with E-state index in [0.29, 0.717) is 39.5 Å². The second kappa shape index (κ2) is 9.86. The number of nitrogens with two attached hydrogens (primary N) is 1. The molecule has 2 aromatic carbocycles. The number of anilines is 1. The van der Waals surface area contributed by atoms with E-state index >= 15 is 0 Å². The van der Waals surface area contributed by atoms with Gasteiger partial charge in [0, 0.05) is 18.5 Å². The highest BCUT2D eigenvalue weighted by molar-refractivity contribution is 7.20. The molecular weight excluding hydrogens is 402 g/mol. The number of benzene rings is 2. The van der Waals surface area contributed by atoms with Gasteiger partial charge in [0.15, 0.2) is 0 Å². The maximum absolute atomic E-state index is 5.62. The van der Waals surface area contributed by atoms with Gasteiger partial charge >= 0.3 is 0 Å². The van der Waals surface area contributed by atoms with Crippen LogP contribution in [0.5, 0.6) is 5.75 Å². The Labute approximate surface area is 178 Å². The molecule has 30 heavy (non-hydrogen) atoms. The first-order chi connectivity index (χ1) is 14.8. The fourth-order valence-electron chi connectivity index (χ4n) is 3.10. The Morgan fingerprint density at radius 3 is 2.70 bits per heavy atom. The summed E-state index contributed by atoms with van der Waals surface area (Å²) in [7, 11) is 1.66. The van der Waals surface area contributed by atoms with Gasteiger partial charge in [-0.05, 0) is 30.3 Å². The first-order valence-corrected chi connectivity index (χ1v) is 10.6. The van der Waals surface area contributed by atoms with Crippen LogP contribution in [-0.2, 0) is 9.47 Å². The van der Waals surface area contributed by atoms with Crippen molar-refractivity contribution in [1.82, 2.24) is 14.8 Å². The van der Waals surface area contributed by atoms with Gasteiger partial charge in [0.1, 0.15) is 11.6 Å². The summed E-state index contributed by atoms with van der Waals surface area (Å²) in [5.74, 6) is 1.72. The number of hydrogen-bond donors (Lipinski definition) is 2. The number of nitrogens with one attached hydrogen (secondary N) is 1. The lowest BCUT2D eigenvalue weighted by Gasteiger charge is -2.09. The minimum atomic E-state index is 0.525. The second-order valence-corrected chi connectivity index (χ2v) is 7.56. The van der Waals surface area contributed by atoms with Crippen molar-refractivity contribution < 1.29 is 14.2 Å². The third-order valence-corrected chi connectivity index (χ3v) is 5.51. The second-order valence-electron chi connectivity index (χ2n) is 6.55. The number of thiazole rings is 1. The smallest absolute Gasteiger partial charge is 0.213 e. The van der Waals surface area contributed by atoms with Crippen molar-refractivity contribution in [3.8, 4) is 10.9 Å². The van der Waals surface area contributed by atoms with E-state index in [-0.39, 0.29) is 0 Å². The molecule has 2 heterocycles. The van der Waals surface area contributed by atoms with E-state index in [1.165, 1.54) is 0 Å². The molecule has 0 aliphatic rings. The molecule has 0 saturated carbocycles. The van der Waals surface area contributed by atoms with Crippen LogP contribution in [-0.4, -0.2) is 61.4 Å². The van der Waals surface area contributed by atoms with Crippen LogP contribution in [0.25, 0.3) is 26.3 Å². The predicted octanol–water partition coefficient (Wildman–Crippen LogP) is 3.05. The summed E-state index contributed by atoms with van der Waals surface area (Å²) in [5.41, 5.74) is 7.23. The number of fused-ring (bicyclic) bond motifs is 2. The zero-order chi connectivity index (χ0) is 20.8. The van der Waals surface area contributed by atoms with Crippen LogP contribution in [0.15, 0.2) is 42.5 Å². The van der Waals surface area contributed by atoms with Gasteiger partial charge in [-0.25, -0.2) is 4.98 Å². The highest BCUT2D eigenvalue weighted by Crippen LogP contribution is 2.32. The summed E-state index contributed by atoms with van der Waals surface area (Å²) >= 11 is 1.58. The van der Waals surface area contributed by atoms with Gasteiger partial charge in [-0.2, -0.15) is 9.78 Å². The third-order valence-electron chi connectivity index (χ3n) is 4.52. The predicted molar refractivity (Wildman–Crippen MR) is 120 cm³/mol. The van der Waals surface area contributed by atoms with Crippen LogP contribution < -0.4 is 15.8 Å². The van der Waals surface area contributed by atoms with E-state index in [9.17, 15) is 0 Å². The molecule has 2 aromatic heterocycles. The van der Waals surface area contributed by atoms with Crippen LogP contribution >= 0.6 is 11.3 Å². The maximum atomic E-state index is 5.62. The Morgan fingerprint density at radius 1 is 1.03 bits per heavy atom. The molecular formula is C21H25N5O3S. The summed E-state index contributed by atoms with van der Waals surface area (Å²) in [5, 5.41) is 10.1. The van der Waals surface area contributed by atoms with Gasteiger partial charge in [-0.3, -0.25) is 0 Å². The summed E-state index contributed by atoms with van der Waals surface area (Å²) < 4.78 is 19.2. The highest BCUT2D eigenvalue weighted by atomic mass is 32.1. The molecule has 0 saturated heterocycles. The van der Waals surface area contributed by atoms with E-state index in [1.54, 1.807) is 18.4 Å². The SMILES string of the molecule is COc1ccc2nc(-n3nc4ccccc4c3NCCOCCOCCN)sc2c1. The average molecular weight is 428 g/mol. The monoisotopic (exact) mass is 427 g/mol. The molecule has 0 unspecified atom stereocenters. The zero-order valence-corrected chi connectivity index (χ0v) is 17.7. The fourth-order valence-corrected chi connectivity index (χ4v) is 4.05. The molecule has 3 N–H and O–H groups in total. The van der Waals surface area contributed by atoms with Crippen LogP contribution in [0.1, 0.15) is 0 Å². The first-order valence-electron chi connectivity index (χ1n) is 9.82. The summed E-state index contributed by atoms with van der Waals surface area (Å²) in [4.78, 5) is 4.77. The minimum Gasteiger partial charge on any atom is -0.497 e. The van der Waals surface area contributed by atoms with Gasteiger partial charge in [-0.15, -0.1) is 0 Å². The molecule has 0 atom stereocenters. The van der Waals surface area contributed by atoms with Crippen LogP contribution in [0, 0.1) is 0 Å². The molecule has 8 nitrogen and oxygen atoms in total. The van der Waals surface area contributed by atoms with E-state index in [2.05, 4.69) is 11.4 Å². The van der Waals surface area contributed by atoms with Gasteiger partial charge in [0.05, 0.1) is 49.3 Å². The van der Waals surface area contributed by atoms with Crippen molar-refractivity contribution in [3.05, 3.63) is 42.5 Å². The lowest BCUT2D eigenvalue weighted by molar-refractivity contribution is 0.0547. The number of rotatable bonds is 11. The third kappa shape index (κ3) is 4.54. The molecule has 158 valence electrons. The van der Waals surface area contributed by atoms with E-state index in [4.69, 9.17) is 30.0 Å². The van der Waals surface area contributed by atoms with Crippen molar-refractivity contribution in [2.45, 2.75) is 0 Å². The van der Waals surface area contributed by atoms with Crippen molar-refractivity contribution in [2.24, 2.45) is 5.73 Å². The lowest BCUT2D eigenvalue weighted by atomic mass is 10.2. The molecule has 0 amide bonds.